The van der Waals surface area contributed by atoms with Crippen molar-refractivity contribution in [3.05, 3.63) is 18.2 Å². The van der Waals surface area contributed by atoms with Crippen LogP contribution in [0.1, 0.15) is 26.6 Å². The van der Waals surface area contributed by atoms with Gasteiger partial charge in [0.2, 0.25) is 0 Å². The van der Waals surface area contributed by atoms with Crippen LogP contribution < -0.4 is 0 Å². The highest BCUT2D eigenvalue weighted by Gasteiger charge is 2.20. The Kier molecular flexibility index (Phi) is 2.00. The second-order valence-corrected chi connectivity index (χ2v) is 3.04. The lowest BCUT2D eigenvalue weighted by Crippen LogP contribution is -2.21. The number of hydrogen-bond donors (Lipinski definition) is 1. The van der Waals surface area contributed by atoms with Gasteiger partial charge in [0, 0.05) is 12.7 Å². The van der Waals surface area contributed by atoms with Crippen LogP contribution in [0, 0.1) is 6.20 Å². The molecule has 0 aliphatic carbocycles. The van der Waals surface area contributed by atoms with Crippen molar-refractivity contribution in [2.75, 3.05) is 0 Å². The van der Waals surface area contributed by atoms with Crippen LogP contribution in [0.5, 0.6) is 0 Å². The fourth-order valence-electron chi connectivity index (χ4n) is 1.01. The highest BCUT2D eigenvalue weighted by molar-refractivity contribution is 5.00. The first-order valence-electron chi connectivity index (χ1n) is 3.71. The summed E-state index contributed by atoms with van der Waals surface area (Å²) in [5.74, 6) is 0.667. The number of rotatable bonds is 2. The minimum absolute atomic E-state index is 0.667. The molecule has 1 radical (unpaired) electrons. The highest BCUT2D eigenvalue weighted by atomic mass is 16.3. The van der Waals surface area contributed by atoms with E-state index in [9.17, 15) is 5.11 Å². The van der Waals surface area contributed by atoms with Crippen LogP contribution in [-0.2, 0) is 12.1 Å². The third-order valence-electron chi connectivity index (χ3n) is 1.54. The first kappa shape index (κ1) is 8.27. The molecule has 1 heterocycles. The number of aliphatic hydroxyl groups is 1. The van der Waals surface area contributed by atoms with E-state index in [1.54, 1.807) is 20.0 Å². The zero-order valence-electron chi connectivity index (χ0n) is 7.13. The van der Waals surface area contributed by atoms with Crippen LogP contribution in [0.4, 0.5) is 0 Å². The second kappa shape index (κ2) is 2.66. The zero-order valence-corrected chi connectivity index (χ0v) is 7.13. The van der Waals surface area contributed by atoms with E-state index in [-0.39, 0.29) is 0 Å². The minimum atomic E-state index is -0.865. The standard InChI is InChI=1S/C8H13N2O/c1-4-10-6-5-9-7(10)8(2,3)11/h6,11H,4H2,1-3H3. The Balaban J connectivity index is 3.02. The van der Waals surface area contributed by atoms with E-state index >= 15 is 0 Å². The maximum Gasteiger partial charge on any atom is 0.141 e. The lowest BCUT2D eigenvalue weighted by molar-refractivity contribution is 0.0649. The molecular weight excluding hydrogens is 140 g/mol. The summed E-state index contributed by atoms with van der Waals surface area (Å²) in [5, 5.41) is 9.59. The molecule has 0 bridgehead atoms. The smallest absolute Gasteiger partial charge is 0.141 e. The van der Waals surface area contributed by atoms with Gasteiger partial charge in [-0.3, -0.25) is 0 Å². The Morgan fingerprint density at radius 3 is 2.73 bits per heavy atom. The van der Waals surface area contributed by atoms with Crippen molar-refractivity contribution in [3.8, 4) is 0 Å². The Bertz CT molecular complexity index is 234. The molecule has 11 heavy (non-hydrogen) atoms. The largest absolute Gasteiger partial charge is 0.383 e. The first-order chi connectivity index (χ1) is 5.05. The van der Waals surface area contributed by atoms with Gasteiger partial charge in [-0.05, 0) is 20.8 Å². The maximum atomic E-state index is 9.59. The zero-order chi connectivity index (χ0) is 8.48. The van der Waals surface area contributed by atoms with Crippen molar-refractivity contribution < 1.29 is 5.11 Å². The van der Waals surface area contributed by atoms with E-state index in [2.05, 4.69) is 11.2 Å². The van der Waals surface area contributed by atoms with Gasteiger partial charge in [-0.1, -0.05) is 0 Å². The molecule has 0 unspecified atom stereocenters. The molecule has 1 N–H and O–H groups in total. The Hall–Kier alpha value is -0.830. The van der Waals surface area contributed by atoms with Crippen molar-refractivity contribution in [1.82, 2.24) is 9.55 Å². The van der Waals surface area contributed by atoms with E-state index < -0.39 is 5.60 Å². The summed E-state index contributed by atoms with van der Waals surface area (Å²) in [4.78, 5) is 3.95. The number of hydrogen-bond acceptors (Lipinski definition) is 2. The monoisotopic (exact) mass is 153 g/mol. The van der Waals surface area contributed by atoms with E-state index in [0.717, 1.165) is 6.54 Å². The molecule has 0 spiro atoms. The van der Waals surface area contributed by atoms with Crippen LogP contribution in [0.15, 0.2) is 6.20 Å². The molecule has 0 atom stereocenters. The van der Waals surface area contributed by atoms with Gasteiger partial charge < -0.3 is 9.67 Å². The van der Waals surface area contributed by atoms with E-state index in [1.165, 1.54) is 0 Å². The lowest BCUT2D eigenvalue weighted by atomic mass is 10.1. The van der Waals surface area contributed by atoms with Gasteiger partial charge >= 0.3 is 0 Å². The molecule has 1 aromatic rings. The Morgan fingerprint density at radius 2 is 2.36 bits per heavy atom. The average Bonchev–Trinajstić information content (AvgIpc) is 2.31. The van der Waals surface area contributed by atoms with E-state index in [1.807, 2.05) is 11.5 Å². The highest BCUT2D eigenvalue weighted by Crippen LogP contribution is 2.16. The van der Waals surface area contributed by atoms with Gasteiger partial charge in [-0.2, -0.15) is 0 Å². The predicted molar refractivity (Wildman–Crippen MR) is 42.0 cm³/mol. The van der Waals surface area contributed by atoms with Crippen LogP contribution >= 0.6 is 0 Å². The summed E-state index contributed by atoms with van der Waals surface area (Å²) >= 11 is 0. The number of aryl methyl sites for hydroxylation is 1. The predicted octanol–water partition coefficient (Wildman–Crippen LogP) is 0.931. The van der Waals surface area contributed by atoms with Crippen molar-refractivity contribution in [2.45, 2.75) is 32.9 Å². The summed E-state index contributed by atoms with van der Waals surface area (Å²) < 4.78 is 1.88. The maximum absolute atomic E-state index is 9.59. The molecule has 0 aliphatic rings. The fourth-order valence-corrected chi connectivity index (χ4v) is 1.01. The molecule has 0 saturated carbocycles. The van der Waals surface area contributed by atoms with Crippen molar-refractivity contribution >= 4 is 0 Å². The summed E-state index contributed by atoms with van der Waals surface area (Å²) in [5.41, 5.74) is -0.865. The minimum Gasteiger partial charge on any atom is -0.383 e. The van der Waals surface area contributed by atoms with Gasteiger partial charge in [-0.25, -0.2) is 4.98 Å². The summed E-state index contributed by atoms with van der Waals surface area (Å²) in [6.45, 7) is 6.26. The molecule has 0 aliphatic heterocycles. The van der Waals surface area contributed by atoms with E-state index in [0.29, 0.717) is 5.82 Å². The molecule has 1 aromatic heterocycles. The number of imidazole rings is 1. The molecule has 61 valence electrons. The lowest BCUT2D eigenvalue weighted by Gasteiger charge is -2.17. The fraction of sp³-hybridized carbons (Fsp3) is 0.625. The second-order valence-electron chi connectivity index (χ2n) is 3.04. The topological polar surface area (TPSA) is 38.0 Å². The number of aromatic nitrogens is 2. The Labute approximate surface area is 66.7 Å². The van der Waals surface area contributed by atoms with Gasteiger partial charge in [0.25, 0.3) is 0 Å². The van der Waals surface area contributed by atoms with Gasteiger partial charge in [0.05, 0.1) is 0 Å². The third-order valence-corrected chi connectivity index (χ3v) is 1.54. The SMILES string of the molecule is CCn1c[c]nc1C(C)(C)O. The quantitative estimate of drug-likeness (QED) is 0.686. The molecule has 0 aromatic carbocycles. The molecule has 0 amide bonds. The van der Waals surface area contributed by atoms with Crippen LogP contribution in [0.2, 0.25) is 0 Å². The van der Waals surface area contributed by atoms with Crippen LogP contribution in [-0.4, -0.2) is 14.7 Å². The number of nitrogens with zero attached hydrogens (tertiary/aromatic N) is 2. The summed E-state index contributed by atoms with van der Waals surface area (Å²) in [6, 6.07) is 0. The molecular formula is C8H13N2O. The van der Waals surface area contributed by atoms with Crippen molar-refractivity contribution in [1.29, 1.82) is 0 Å². The van der Waals surface area contributed by atoms with Gasteiger partial charge in [-0.15, -0.1) is 0 Å². The third kappa shape index (κ3) is 1.60. The van der Waals surface area contributed by atoms with Crippen molar-refractivity contribution in [2.24, 2.45) is 0 Å². The molecule has 0 fully saturated rings. The first-order valence-corrected chi connectivity index (χ1v) is 3.71. The summed E-state index contributed by atoms with van der Waals surface area (Å²) in [7, 11) is 0. The molecule has 3 nitrogen and oxygen atoms in total. The molecule has 1 rings (SSSR count). The van der Waals surface area contributed by atoms with Crippen LogP contribution in [0.3, 0.4) is 0 Å². The molecule has 3 heteroatoms. The average molecular weight is 153 g/mol. The van der Waals surface area contributed by atoms with Gasteiger partial charge in [0.15, 0.2) is 0 Å². The normalized spacial score (nSPS) is 12.0. The summed E-state index contributed by atoms with van der Waals surface area (Å²) in [6.07, 6.45) is 4.45. The van der Waals surface area contributed by atoms with Crippen molar-refractivity contribution in [3.63, 3.8) is 0 Å². The van der Waals surface area contributed by atoms with Gasteiger partial charge in [0.1, 0.15) is 17.6 Å². The Morgan fingerprint density at radius 1 is 1.73 bits per heavy atom. The molecule has 0 saturated heterocycles. The van der Waals surface area contributed by atoms with Crippen LogP contribution in [0.25, 0.3) is 0 Å². The van der Waals surface area contributed by atoms with E-state index in [4.69, 9.17) is 0 Å².